The van der Waals surface area contributed by atoms with Crippen molar-refractivity contribution in [1.29, 1.82) is 0 Å². The van der Waals surface area contributed by atoms with Crippen LogP contribution >= 0.6 is 11.3 Å². The molecule has 21 heavy (non-hydrogen) atoms. The van der Waals surface area contributed by atoms with E-state index in [0.717, 1.165) is 19.4 Å². The summed E-state index contributed by atoms with van der Waals surface area (Å²) in [5, 5.41) is 1.88. The standard InChI is InChI=1S/C15H21NO4S/c1-2-19-14(17)7-8-16(11-12-5-3-9-20-12)15(18)13-6-4-10-21-13/h4,6,10,12H,2-3,5,7-9,11H2,1H3. The van der Waals surface area contributed by atoms with Gasteiger partial charge in [0.15, 0.2) is 0 Å². The Hall–Kier alpha value is -1.40. The molecule has 1 atom stereocenters. The van der Waals surface area contributed by atoms with Crippen LogP contribution in [0.2, 0.25) is 0 Å². The van der Waals surface area contributed by atoms with Crippen molar-refractivity contribution in [1.82, 2.24) is 4.90 Å². The fraction of sp³-hybridized carbons (Fsp3) is 0.600. The van der Waals surface area contributed by atoms with Gasteiger partial charge in [0, 0.05) is 19.7 Å². The Kier molecular flexibility index (Phi) is 6.20. The lowest BCUT2D eigenvalue weighted by atomic mass is 10.2. The van der Waals surface area contributed by atoms with Crippen LogP contribution in [0.5, 0.6) is 0 Å². The Bertz CT molecular complexity index is 454. The van der Waals surface area contributed by atoms with Gasteiger partial charge >= 0.3 is 5.97 Å². The average molecular weight is 311 g/mol. The van der Waals surface area contributed by atoms with E-state index in [4.69, 9.17) is 9.47 Å². The molecule has 1 saturated heterocycles. The van der Waals surface area contributed by atoms with Gasteiger partial charge in [-0.15, -0.1) is 11.3 Å². The molecule has 0 N–H and O–H groups in total. The number of ether oxygens (including phenoxy) is 2. The van der Waals surface area contributed by atoms with Crippen molar-refractivity contribution in [3.63, 3.8) is 0 Å². The lowest BCUT2D eigenvalue weighted by Crippen LogP contribution is -2.38. The van der Waals surface area contributed by atoms with Crippen LogP contribution in [0.4, 0.5) is 0 Å². The van der Waals surface area contributed by atoms with Crippen molar-refractivity contribution >= 4 is 23.2 Å². The van der Waals surface area contributed by atoms with Crippen LogP contribution in [0, 0.1) is 0 Å². The van der Waals surface area contributed by atoms with E-state index in [9.17, 15) is 9.59 Å². The Morgan fingerprint density at radius 2 is 2.38 bits per heavy atom. The first-order valence-corrected chi connectivity index (χ1v) is 8.18. The zero-order valence-electron chi connectivity index (χ0n) is 12.2. The normalized spacial score (nSPS) is 17.7. The average Bonchev–Trinajstić information content (AvgIpc) is 3.16. The highest BCUT2D eigenvalue weighted by Gasteiger charge is 2.24. The van der Waals surface area contributed by atoms with Crippen molar-refractivity contribution in [3.05, 3.63) is 22.4 Å². The highest BCUT2D eigenvalue weighted by Crippen LogP contribution is 2.17. The van der Waals surface area contributed by atoms with Crippen LogP contribution in [-0.2, 0) is 14.3 Å². The van der Waals surface area contributed by atoms with Gasteiger partial charge in [0.05, 0.1) is 24.0 Å². The maximum atomic E-state index is 12.5. The van der Waals surface area contributed by atoms with Gasteiger partial charge in [-0.25, -0.2) is 0 Å². The number of hydrogen-bond acceptors (Lipinski definition) is 5. The van der Waals surface area contributed by atoms with Crippen LogP contribution in [-0.4, -0.2) is 49.2 Å². The summed E-state index contributed by atoms with van der Waals surface area (Å²) in [5.74, 6) is -0.307. The highest BCUT2D eigenvalue weighted by atomic mass is 32.1. The Balaban J connectivity index is 1.95. The third-order valence-corrected chi connectivity index (χ3v) is 4.22. The Labute approximate surface area is 128 Å². The van der Waals surface area contributed by atoms with Gasteiger partial charge in [-0.2, -0.15) is 0 Å². The van der Waals surface area contributed by atoms with Crippen molar-refractivity contribution in [2.45, 2.75) is 32.3 Å². The molecule has 0 aromatic carbocycles. The van der Waals surface area contributed by atoms with E-state index in [-0.39, 0.29) is 24.4 Å². The van der Waals surface area contributed by atoms with Gasteiger partial charge < -0.3 is 14.4 Å². The summed E-state index contributed by atoms with van der Waals surface area (Å²) >= 11 is 1.41. The van der Waals surface area contributed by atoms with E-state index < -0.39 is 0 Å². The number of carbonyl (C=O) groups excluding carboxylic acids is 2. The number of nitrogens with zero attached hydrogens (tertiary/aromatic N) is 1. The molecule has 0 radical (unpaired) electrons. The molecule has 0 aliphatic carbocycles. The van der Waals surface area contributed by atoms with Gasteiger partial charge in [-0.3, -0.25) is 9.59 Å². The third kappa shape index (κ3) is 4.82. The molecule has 1 amide bonds. The van der Waals surface area contributed by atoms with Crippen molar-refractivity contribution in [2.75, 3.05) is 26.3 Å². The summed E-state index contributed by atoms with van der Waals surface area (Å²) in [7, 11) is 0. The van der Waals surface area contributed by atoms with E-state index in [2.05, 4.69) is 0 Å². The number of hydrogen-bond donors (Lipinski definition) is 0. The Morgan fingerprint density at radius 1 is 1.52 bits per heavy atom. The largest absolute Gasteiger partial charge is 0.466 e. The molecule has 5 nitrogen and oxygen atoms in total. The van der Waals surface area contributed by atoms with E-state index in [1.165, 1.54) is 11.3 Å². The number of carbonyl (C=O) groups is 2. The second kappa shape index (κ2) is 8.14. The van der Waals surface area contributed by atoms with Gasteiger partial charge in [0.25, 0.3) is 5.91 Å². The van der Waals surface area contributed by atoms with Gasteiger partial charge in [-0.1, -0.05) is 6.07 Å². The summed E-state index contributed by atoms with van der Waals surface area (Å²) in [6.07, 6.45) is 2.30. The zero-order chi connectivity index (χ0) is 15.1. The zero-order valence-corrected chi connectivity index (χ0v) is 13.1. The summed E-state index contributed by atoms with van der Waals surface area (Å²) in [6.45, 7) is 3.80. The molecule has 1 aromatic heterocycles. The minimum absolute atomic E-state index is 0.0372. The molecule has 2 heterocycles. The quantitative estimate of drug-likeness (QED) is 0.725. The predicted molar refractivity (Wildman–Crippen MR) is 80.4 cm³/mol. The fourth-order valence-electron chi connectivity index (χ4n) is 2.33. The number of esters is 1. The topological polar surface area (TPSA) is 55.8 Å². The molecular formula is C15H21NO4S. The summed E-state index contributed by atoms with van der Waals surface area (Å²) in [4.78, 5) is 26.4. The first-order chi connectivity index (χ1) is 10.2. The summed E-state index contributed by atoms with van der Waals surface area (Å²) in [5.41, 5.74) is 0. The fourth-order valence-corrected chi connectivity index (χ4v) is 3.02. The molecule has 116 valence electrons. The summed E-state index contributed by atoms with van der Waals surface area (Å²) in [6, 6.07) is 3.66. The molecule has 1 aliphatic rings. The van der Waals surface area contributed by atoms with E-state index >= 15 is 0 Å². The molecule has 0 bridgehead atoms. The van der Waals surface area contributed by atoms with Crippen LogP contribution in [0.25, 0.3) is 0 Å². The molecule has 1 aromatic rings. The monoisotopic (exact) mass is 311 g/mol. The van der Waals surface area contributed by atoms with E-state index in [1.807, 2.05) is 11.4 Å². The first kappa shape index (κ1) is 16.0. The van der Waals surface area contributed by atoms with Gasteiger partial charge in [0.2, 0.25) is 0 Å². The summed E-state index contributed by atoms with van der Waals surface area (Å²) < 4.78 is 10.5. The molecular weight excluding hydrogens is 290 g/mol. The maximum Gasteiger partial charge on any atom is 0.307 e. The predicted octanol–water partition coefficient (Wildman–Crippen LogP) is 2.32. The molecule has 1 unspecified atom stereocenters. The lowest BCUT2D eigenvalue weighted by molar-refractivity contribution is -0.143. The van der Waals surface area contributed by atoms with Crippen molar-refractivity contribution < 1.29 is 19.1 Å². The van der Waals surface area contributed by atoms with Crippen LogP contribution < -0.4 is 0 Å². The van der Waals surface area contributed by atoms with E-state index in [0.29, 0.717) is 24.6 Å². The SMILES string of the molecule is CCOC(=O)CCN(CC1CCCO1)C(=O)c1cccs1. The van der Waals surface area contributed by atoms with Crippen LogP contribution in [0.15, 0.2) is 17.5 Å². The highest BCUT2D eigenvalue weighted by molar-refractivity contribution is 7.12. The molecule has 6 heteroatoms. The molecule has 1 aliphatic heterocycles. The van der Waals surface area contributed by atoms with E-state index in [1.54, 1.807) is 17.9 Å². The smallest absolute Gasteiger partial charge is 0.307 e. The maximum absolute atomic E-state index is 12.5. The number of amides is 1. The van der Waals surface area contributed by atoms with Gasteiger partial charge in [0.1, 0.15) is 0 Å². The van der Waals surface area contributed by atoms with Crippen LogP contribution in [0.1, 0.15) is 35.9 Å². The molecule has 0 saturated carbocycles. The molecule has 0 spiro atoms. The van der Waals surface area contributed by atoms with Gasteiger partial charge in [-0.05, 0) is 31.2 Å². The molecule has 1 fully saturated rings. The van der Waals surface area contributed by atoms with Crippen LogP contribution in [0.3, 0.4) is 0 Å². The van der Waals surface area contributed by atoms with Crippen molar-refractivity contribution in [3.8, 4) is 0 Å². The second-order valence-electron chi connectivity index (χ2n) is 4.92. The minimum atomic E-state index is -0.270. The molecule has 2 rings (SSSR count). The number of thiophene rings is 1. The van der Waals surface area contributed by atoms with Crippen molar-refractivity contribution in [2.24, 2.45) is 0 Å². The lowest BCUT2D eigenvalue weighted by Gasteiger charge is -2.24. The third-order valence-electron chi connectivity index (χ3n) is 3.36. The number of rotatable bonds is 7. The second-order valence-corrected chi connectivity index (χ2v) is 5.87. The Morgan fingerprint density at radius 3 is 3.00 bits per heavy atom. The minimum Gasteiger partial charge on any atom is -0.466 e. The first-order valence-electron chi connectivity index (χ1n) is 7.30.